The fourth-order valence-electron chi connectivity index (χ4n) is 5.31. The van der Waals surface area contributed by atoms with Crippen LogP contribution in [0.15, 0.2) is 84.9 Å². The number of piperidine rings is 1. The average Bonchev–Trinajstić information content (AvgIpc) is 2.82. The molecule has 0 spiro atoms. The summed E-state index contributed by atoms with van der Waals surface area (Å²) in [6.07, 6.45) is 3.34. The van der Waals surface area contributed by atoms with Crippen LogP contribution in [-0.4, -0.2) is 39.2 Å². The fraction of sp³-hybridized carbons (Fsp3) is 0.379. The zero-order valence-electron chi connectivity index (χ0n) is 20.4. The third kappa shape index (κ3) is 5.89. The molecule has 1 aliphatic rings. The summed E-state index contributed by atoms with van der Waals surface area (Å²) in [5.41, 5.74) is 4.62. The fourth-order valence-corrected chi connectivity index (χ4v) is 5.86. The van der Waals surface area contributed by atoms with Crippen molar-refractivity contribution in [2.24, 2.45) is 5.92 Å². The van der Waals surface area contributed by atoms with Crippen LogP contribution in [0.2, 0.25) is 0 Å². The van der Waals surface area contributed by atoms with Crippen LogP contribution in [0.25, 0.3) is 0 Å². The Morgan fingerprint density at radius 1 is 0.971 bits per heavy atom. The Morgan fingerprint density at radius 3 is 2.15 bits per heavy atom. The summed E-state index contributed by atoms with van der Waals surface area (Å²) in [7, 11) is -3.29. The van der Waals surface area contributed by atoms with Gasteiger partial charge in [0.05, 0.1) is 6.26 Å². The maximum atomic E-state index is 11.7. The molecule has 1 N–H and O–H groups in total. The van der Waals surface area contributed by atoms with Crippen LogP contribution >= 0.6 is 0 Å². The predicted molar refractivity (Wildman–Crippen MR) is 142 cm³/mol. The maximum Gasteiger partial charge on any atom is 0.229 e. The molecule has 0 radical (unpaired) electrons. The number of rotatable bonds is 8. The molecule has 0 bridgehead atoms. The second-order valence-corrected chi connectivity index (χ2v) is 11.7. The summed E-state index contributed by atoms with van der Waals surface area (Å²) in [6.45, 7) is 7.79. The van der Waals surface area contributed by atoms with Crippen LogP contribution in [0.4, 0.5) is 5.69 Å². The molecule has 2 atom stereocenters. The van der Waals surface area contributed by atoms with E-state index in [2.05, 4.69) is 90.2 Å². The molecule has 1 aliphatic heterocycles. The van der Waals surface area contributed by atoms with Gasteiger partial charge in [-0.2, -0.15) is 0 Å². The largest absolute Gasteiger partial charge is 0.303 e. The number of sulfonamides is 1. The van der Waals surface area contributed by atoms with Crippen molar-refractivity contribution in [1.82, 2.24) is 4.90 Å². The first-order valence-electron chi connectivity index (χ1n) is 12.2. The molecule has 0 amide bonds. The van der Waals surface area contributed by atoms with Gasteiger partial charge < -0.3 is 4.90 Å². The minimum absolute atomic E-state index is 0.0178. The van der Waals surface area contributed by atoms with Gasteiger partial charge in [-0.25, -0.2) is 8.42 Å². The van der Waals surface area contributed by atoms with E-state index in [9.17, 15) is 8.42 Å². The van der Waals surface area contributed by atoms with Crippen LogP contribution in [-0.2, 0) is 15.4 Å². The Morgan fingerprint density at radius 2 is 1.59 bits per heavy atom. The smallest absolute Gasteiger partial charge is 0.229 e. The summed E-state index contributed by atoms with van der Waals surface area (Å²) in [4.78, 5) is 2.60. The van der Waals surface area contributed by atoms with E-state index < -0.39 is 10.0 Å². The Balaban J connectivity index is 1.44. The first kappa shape index (κ1) is 24.5. The summed E-state index contributed by atoms with van der Waals surface area (Å²) in [5, 5.41) is 0. The SMILES string of the molecule is C[C@H]1CN(CCC(c2ccccc2)c2ccccc2)CC[C@]1(C)c1cccc(NS(C)(=O)=O)c1. The van der Waals surface area contributed by atoms with Crippen LogP contribution in [0.3, 0.4) is 0 Å². The number of likely N-dealkylation sites (tertiary alicyclic amines) is 1. The molecular weight excluding hydrogens is 440 g/mol. The van der Waals surface area contributed by atoms with Crippen molar-refractivity contribution in [2.75, 3.05) is 30.6 Å². The number of anilines is 1. The van der Waals surface area contributed by atoms with E-state index in [1.165, 1.54) is 22.9 Å². The van der Waals surface area contributed by atoms with E-state index in [1.54, 1.807) is 0 Å². The standard InChI is InChI=1S/C29H36N2O2S/c1-23-22-31(19-17-28(24-11-6-4-7-12-24)25-13-8-5-9-14-25)20-18-29(23,2)26-15-10-16-27(21-26)30-34(3,32)33/h4-16,21,23,28,30H,17-20,22H2,1-3H3/t23-,29-/m0/s1. The van der Waals surface area contributed by atoms with Gasteiger partial charge in [0, 0.05) is 18.2 Å². The monoisotopic (exact) mass is 476 g/mol. The van der Waals surface area contributed by atoms with Crippen LogP contribution in [0.5, 0.6) is 0 Å². The third-order valence-electron chi connectivity index (χ3n) is 7.53. The average molecular weight is 477 g/mol. The number of hydrogen-bond donors (Lipinski definition) is 1. The molecule has 0 aromatic heterocycles. The highest BCUT2D eigenvalue weighted by Gasteiger charge is 2.38. The molecule has 3 aromatic carbocycles. The highest BCUT2D eigenvalue weighted by atomic mass is 32.2. The van der Waals surface area contributed by atoms with Crippen LogP contribution < -0.4 is 4.72 Å². The van der Waals surface area contributed by atoms with E-state index in [4.69, 9.17) is 0 Å². The van der Waals surface area contributed by atoms with E-state index in [-0.39, 0.29) is 5.41 Å². The van der Waals surface area contributed by atoms with Crippen molar-refractivity contribution >= 4 is 15.7 Å². The molecule has 4 nitrogen and oxygen atoms in total. The van der Waals surface area contributed by atoms with Crippen molar-refractivity contribution in [3.63, 3.8) is 0 Å². The van der Waals surface area contributed by atoms with Gasteiger partial charge in [-0.3, -0.25) is 4.72 Å². The van der Waals surface area contributed by atoms with Crippen molar-refractivity contribution in [3.8, 4) is 0 Å². The predicted octanol–water partition coefficient (Wildman–Crippen LogP) is 5.88. The molecule has 5 heteroatoms. The van der Waals surface area contributed by atoms with Crippen LogP contribution in [0.1, 0.15) is 49.3 Å². The zero-order valence-corrected chi connectivity index (χ0v) is 21.3. The summed E-state index contributed by atoms with van der Waals surface area (Å²) in [6, 6.07) is 29.6. The van der Waals surface area contributed by atoms with E-state index >= 15 is 0 Å². The lowest BCUT2D eigenvalue weighted by atomic mass is 9.68. The summed E-state index contributed by atoms with van der Waals surface area (Å²) in [5.74, 6) is 0.853. The van der Waals surface area contributed by atoms with E-state index in [0.29, 0.717) is 17.5 Å². The van der Waals surface area contributed by atoms with E-state index in [1.807, 2.05) is 18.2 Å². The van der Waals surface area contributed by atoms with Crippen molar-refractivity contribution in [1.29, 1.82) is 0 Å². The van der Waals surface area contributed by atoms with Gasteiger partial charge >= 0.3 is 0 Å². The summed E-state index contributed by atoms with van der Waals surface area (Å²) >= 11 is 0. The first-order chi connectivity index (χ1) is 16.2. The Labute approximate surface area is 205 Å². The molecule has 180 valence electrons. The zero-order chi connectivity index (χ0) is 24.2. The lowest BCUT2D eigenvalue weighted by molar-refractivity contribution is 0.109. The number of hydrogen-bond acceptors (Lipinski definition) is 3. The minimum Gasteiger partial charge on any atom is -0.303 e. The van der Waals surface area contributed by atoms with Crippen molar-refractivity contribution < 1.29 is 8.42 Å². The molecule has 1 saturated heterocycles. The highest BCUT2D eigenvalue weighted by Crippen LogP contribution is 2.40. The van der Waals surface area contributed by atoms with Gasteiger partial charge in [-0.15, -0.1) is 0 Å². The molecule has 4 rings (SSSR count). The lowest BCUT2D eigenvalue weighted by Gasteiger charge is -2.45. The molecule has 1 fully saturated rings. The third-order valence-corrected chi connectivity index (χ3v) is 8.14. The molecule has 34 heavy (non-hydrogen) atoms. The van der Waals surface area contributed by atoms with Crippen molar-refractivity contribution in [2.45, 2.75) is 38.0 Å². The minimum atomic E-state index is -3.29. The molecule has 0 unspecified atom stereocenters. The number of nitrogens with one attached hydrogen (secondary N) is 1. The van der Waals surface area contributed by atoms with Crippen molar-refractivity contribution in [3.05, 3.63) is 102 Å². The quantitative estimate of drug-likeness (QED) is 0.442. The first-order valence-corrected chi connectivity index (χ1v) is 14.0. The molecule has 0 saturated carbocycles. The van der Waals surface area contributed by atoms with E-state index in [0.717, 1.165) is 32.5 Å². The van der Waals surface area contributed by atoms with Crippen LogP contribution in [0, 0.1) is 5.92 Å². The molecule has 1 heterocycles. The normalized spacial score (nSPS) is 21.5. The van der Waals surface area contributed by atoms with Gasteiger partial charge in [0.2, 0.25) is 10.0 Å². The Hall–Kier alpha value is -2.63. The molecule has 0 aliphatic carbocycles. The molecular formula is C29H36N2O2S. The second-order valence-electron chi connectivity index (χ2n) is 9.99. The van der Waals surface area contributed by atoms with Gasteiger partial charge in [-0.1, -0.05) is 86.6 Å². The van der Waals surface area contributed by atoms with Gasteiger partial charge in [0.25, 0.3) is 0 Å². The van der Waals surface area contributed by atoms with Gasteiger partial charge in [0.15, 0.2) is 0 Å². The summed E-state index contributed by atoms with van der Waals surface area (Å²) < 4.78 is 26.0. The second kappa shape index (κ2) is 10.3. The topological polar surface area (TPSA) is 49.4 Å². The van der Waals surface area contributed by atoms with Gasteiger partial charge in [0.1, 0.15) is 0 Å². The lowest BCUT2D eigenvalue weighted by Crippen LogP contribution is -2.47. The Bertz CT molecular complexity index is 1140. The number of benzene rings is 3. The van der Waals surface area contributed by atoms with Gasteiger partial charge in [-0.05, 0) is 66.1 Å². The Kier molecular flexibility index (Phi) is 7.44. The number of nitrogens with zero attached hydrogens (tertiary/aromatic N) is 1. The molecule has 3 aromatic rings. The maximum absolute atomic E-state index is 11.7. The highest BCUT2D eigenvalue weighted by molar-refractivity contribution is 7.92.